The fourth-order valence-electron chi connectivity index (χ4n) is 2.90. The summed E-state index contributed by atoms with van der Waals surface area (Å²) in [6.45, 7) is 3.93. The van der Waals surface area contributed by atoms with Gasteiger partial charge in [-0.2, -0.15) is 0 Å². The van der Waals surface area contributed by atoms with Crippen LogP contribution in [-0.2, 0) is 14.3 Å². The number of hydrogen-bond acceptors (Lipinski definition) is 5. The molecule has 0 bridgehead atoms. The van der Waals surface area contributed by atoms with Crippen molar-refractivity contribution in [2.45, 2.75) is 64.6 Å². The molecule has 2 rings (SSSR count). The highest BCUT2D eigenvalue weighted by atomic mass is 16.6. The summed E-state index contributed by atoms with van der Waals surface area (Å²) in [5.74, 6) is -0.300. The number of carbonyl (C=O) groups is 3. The lowest BCUT2D eigenvalue weighted by molar-refractivity contribution is -0.134. The molecule has 7 heteroatoms. The number of ether oxygens (including phenoxy) is 1. The Kier molecular flexibility index (Phi) is 5.63. The highest BCUT2D eigenvalue weighted by Gasteiger charge is 2.35. The predicted molar refractivity (Wildman–Crippen MR) is 78.1 cm³/mol. The van der Waals surface area contributed by atoms with Gasteiger partial charge in [0.25, 0.3) is 6.23 Å². The average molecular weight is 309 g/mol. The molecular formula is C15H23N3O4. The maximum absolute atomic E-state index is 12.4. The zero-order valence-electron chi connectivity index (χ0n) is 13.1. The third kappa shape index (κ3) is 4.35. The standard InChI is InChI=1S/C15H23N3O4/c1-9(2)8-11(12(19)14-17-18-15(21)22-14)16-13(20)10-6-4-3-5-7-10/h9-11,14H,3-8H2,1-2H3,(H,16,20). The Morgan fingerprint density at radius 3 is 2.50 bits per heavy atom. The normalized spacial score (nSPS) is 23.4. The van der Waals surface area contributed by atoms with Crippen LogP contribution < -0.4 is 5.32 Å². The summed E-state index contributed by atoms with van der Waals surface area (Å²) < 4.78 is 4.74. The van der Waals surface area contributed by atoms with Gasteiger partial charge in [-0.05, 0) is 25.2 Å². The van der Waals surface area contributed by atoms with Crippen molar-refractivity contribution >= 4 is 17.8 Å². The van der Waals surface area contributed by atoms with Gasteiger partial charge in [0.2, 0.25) is 11.7 Å². The SMILES string of the molecule is CC(C)CC(NC(=O)C1CCCCC1)C(=O)C1N=NC(=O)O1. The van der Waals surface area contributed by atoms with Crippen LogP contribution in [0, 0.1) is 11.8 Å². The van der Waals surface area contributed by atoms with Gasteiger partial charge >= 0.3 is 6.09 Å². The van der Waals surface area contributed by atoms with Gasteiger partial charge in [0.1, 0.15) is 0 Å². The van der Waals surface area contributed by atoms with Crippen LogP contribution in [-0.4, -0.2) is 30.1 Å². The lowest BCUT2D eigenvalue weighted by Gasteiger charge is -2.25. The number of carbonyl (C=O) groups excluding carboxylic acids is 3. The van der Waals surface area contributed by atoms with E-state index in [0.29, 0.717) is 6.42 Å². The molecule has 0 radical (unpaired) electrons. The first-order valence-electron chi connectivity index (χ1n) is 7.93. The van der Waals surface area contributed by atoms with Gasteiger partial charge in [-0.15, -0.1) is 5.11 Å². The number of nitrogens with one attached hydrogen (secondary N) is 1. The smallest absolute Gasteiger partial charge is 0.411 e. The highest BCUT2D eigenvalue weighted by molar-refractivity contribution is 5.94. The van der Waals surface area contributed by atoms with E-state index in [1.807, 2.05) is 13.8 Å². The van der Waals surface area contributed by atoms with Crippen LogP contribution in [0.3, 0.4) is 0 Å². The monoisotopic (exact) mass is 309 g/mol. The number of cyclic esters (lactones) is 1. The number of nitrogens with zero attached hydrogens (tertiary/aromatic N) is 2. The van der Waals surface area contributed by atoms with Crippen LogP contribution in [0.15, 0.2) is 10.2 Å². The minimum atomic E-state index is -1.22. The number of hydrogen-bond donors (Lipinski definition) is 1. The molecule has 0 spiro atoms. The lowest BCUT2D eigenvalue weighted by Crippen LogP contribution is -2.48. The molecule has 0 saturated heterocycles. The van der Waals surface area contributed by atoms with E-state index in [0.717, 1.165) is 32.1 Å². The van der Waals surface area contributed by atoms with Crippen molar-refractivity contribution in [1.29, 1.82) is 0 Å². The Balaban J connectivity index is 1.99. The summed E-state index contributed by atoms with van der Waals surface area (Å²) in [6.07, 6.45) is 3.41. The number of ketones is 1. The second kappa shape index (κ2) is 7.47. The van der Waals surface area contributed by atoms with Crippen LogP contribution in [0.2, 0.25) is 0 Å². The van der Waals surface area contributed by atoms with Crippen molar-refractivity contribution in [2.24, 2.45) is 22.1 Å². The summed E-state index contributed by atoms with van der Waals surface area (Å²) in [7, 11) is 0. The van der Waals surface area contributed by atoms with Gasteiger partial charge in [0.15, 0.2) is 0 Å². The second-order valence-electron chi connectivity index (χ2n) is 6.38. The second-order valence-corrected chi connectivity index (χ2v) is 6.38. The maximum atomic E-state index is 12.4. The zero-order chi connectivity index (χ0) is 16.1. The van der Waals surface area contributed by atoms with Crippen molar-refractivity contribution < 1.29 is 19.1 Å². The van der Waals surface area contributed by atoms with E-state index < -0.39 is 24.1 Å². The summed E-state index contributed by atoms with van der Waals surface area (Å²) >= 11 is 0. The molecule has 1 aliphatic carbocycles. The molecule has 2 unspecified atom stereocenters. The van der Waals surface area contributed by atoms with Crippen LogP contribution in [0.5, 0.6) is 0 Å². The van der Waals surface area contributed by atoms with E-state index in [1.165, 1.54) is 0 Å². The molecule has 2 amide bonds. The molecule has 1 heterocycles. The van der Waals surface area contributed by atoms with E-state index in [4.69, 9.17) is 4.74 Å². The molecule has 0 aromatic heterocycles. The molecule has 122 valence electrons. The summed E-state index contributed by atoms with van der Waals surface area (Å²) in [6, 6.07) is -0.690. The molecule has 2 aliphatic rings. The quantitative estimate of drug-likeness (QED) is 0.815. The Hall–Kier alpha value is -1.79. The molecule has 1 fully saturated rings. The molecule has 0 aromatic carbocycles. The van der Waals surface area contributed by atoms with E-state index in [2.05, 4.69) is 15.5 Å². The number of rotatable bonds is 6. The van der Waals surface area contributed by atoms with Gasteiger partial charge in [0.05, 0.1) is 6.04 Å². The van der Waals surface area contributed by atoms with Crippen molar-refractivity contribution in [3.63, 3.8) is 0 Å². The Morgan fingerprint density at radius 1 is 1.27 bits per heavy atom. The fraction of sp³-hybridized carbons (Fsp3) is 0.800. The predicted octanol–water partition coefficient (Wildman–Crippen LogP) is 2.60. The van der Waals surface area contributed by atoms with Crippen molar-refractivity contribution in [1.82, 2.24) is 5.32 Å². The van der Waals surface area contributed by atoms with Gasteiger partial charge in [-0.1, -0.05) is 38.2 Å². The minimum absolute atomic E-state index is 0.0241. The third-order valence-corrected chi connectivity index (χ3v) is 4.04. The largest absolute Gasteiger partial charge is 0.454 e. The highest BCUT2D eigenvalue weighted by Crippen LogP contribution is 2.24. The summed E-state index contributed by atoms with van der Waals surface area (Å²) in [5.41, 5.74) is 0. The molecule has 0 aromatic rings. The number of azo groups is 1. The molecule has 1 saturated carbocycles. The molecule has 7 nitrogen and oxygen atoms in total. The van der Waals surface area contributed by atoms with E-state index in [9.17, 15) is 14.4 Å². The Morgan fingerprint density at radius 2 is 1.95 bits per heavy atom. The van der Waals surface area contributed by atoms with Gasteiger partial charge in [0, 0.05) is 5.92 Å². The van der Waals surface area contributed by atoms with Gasteiger partial charge in [-0.25, -0.2) is 4.79 Å². The first kappa shape index (κ1) is 16.6. The first-order chi connectivity index (χ1) is 10.5. The molecule has 22 heavy (non-hydrogen) atoms. The lowest BCUT2D eigenvalue weighted by atomic mass is 9.88. The van der Waals surface area contributed by atoms with E-state index in [1.54, 1.807) is 0 Å². The first-order valence-corrected chi connectivity index (χ1v) is 7.93. The third-order valence-electron chi connectivity index (χ3n) is 4.04. The summed E-state index contributed by atoms with van der Waals surface area (Å²) in [4.78, 5) is 35.7. The van der Waals surface area contributed by atoms with Gasteiger partial charge in [-0.3, -0.25) is 9.59 Å². The Bertz CT molecular complexity index is 469. The minimum Gasteiger partial charge on any atom is -0.411 e. The molecule has 1 aliphatic heterocycles. The number of Topliss-reactive ketones (excluding diaryl/α,β-unsaturated/α-hetero) is 1. The topological polar surface area (TPSA) is 97.2 Å². The van der Waals surface area contributed by atoms with E-state index in [-0.39, 0.29) is 17.7 Å². The molecule has 1 N–H and O–H groups in total. The summed E-state index contributed by atoms with van der Waals surface area (Å²) in [5, 5.41) is 9.54. The van der Waals surface area contributed by atoms with Crippen molar-refractivity contribution in [3.05, 3.63) is 0 Å². The Labute approximate surface area is 129 Å². The fourth-order valence-corrected chi connectivity index (χ4v) is 2.90. The van der Waals surface area contributed by atoms with Crippen LogP contribution >= 0.6 is 0 Å². The van der Waals surface area contributed by atoms with E-state index >= 15 is 0 Å². The zero-order valence-corrected chi connectivity index (χ0v) is 13.1. The van der Waals surface area contributed by atoms with Crippen LogP contribution in [0.25, 0.3) is 0 Å². The van der Waals surface area contributed by atoms with Crippen LogP contribution in [0.1, 0.15) is 52.4 Å². The molecule has 2 atom stereocenters. The van der Waals surface area contributed by atoms with Crippen molar-refractivity contribution in [3.8, 4) is 0 Å². The van der Waals surface area contributed by atoms with Crippen molar-refractivity contribution in [2.75, 3.05) is 0 Å². The van der Waals surface area contributed by atoms with Gasteiger partial charge < -0.3 is 10.1 Å². The van der Waals surface area contributed by atoms with Crippen LogP contribution in [0.4, 0.5) is 4.79 Å². The molecular weight excluding hydrogens is 286 g/mol. The maximum Gasteiger partial charge on any atom is 0.454 e. The average Bonchev–Trinajstić information content (AvgIpc) is 2.92. The number of amides is 2.